The van der Waals surface area contributed by atoms with Crippen LogP contribution in [0.15, 0.2) is 32.0 Å². The van der Waals surface area contributed by atoms with Gasteiger partial charge in [0, 0.05) is 28.1 Å². The van der Waals surface area contributed by atoms with Gasteiger partial charge in [-0.25, -0.2) is 8.42 Å². The average molecular weight is 440 g/mol. The van der Waals surface area contributed by atoms with E-state index in [-0.39, 0.29) is 6.04 Å². The molecule has 0 saturated carbocycles. The SMILES string of the molecule is CCCN(CC1CCCN1)S(=O)(=O)c1ccc(Br)cc1Br. The first-order valence-electron chi connectivity index (χ1n) is 7.13. The lowest BCUT2D eigenvalue weighted by atomic mass is 10.2. The lowest BCUT2D eigenvalue weighted by Gasteiger charge is -2.25. The monoisotopic (exact) mass is 438 g/mol. The van der Waals surface area contributed by atoms with Crippen LogP contribution in [0.4, 0.5) is 0 Å². The lowest BCUT2D eigenvalue weighted by Crippen LogP contribution is -2.41. The summed E-state index contributed by atoms with van der Waals surface area (Å²) in [6, 6.07) is 5.44. The maximum atomic E-state index is 12.9. The van der Waals surface area contributed by atoms with E-state index in [1.807, 2.05) is 6.92 Å². The molecule has 1 fully saturated rings. The molecule has 118 valence electrons. The molecule has 0 aliphatic carbocycles. The van der Waals surface area contributed by atoms with E-state index in [0.717, 1.165) is 30.3 Å². The third-order valence-electron chi connectivity index (χ3n) is 3.57. The lowest BCUT2D eigenvalue weighted by molar-refractivity contribution is 0.369. The Balaban J connectivity index is 2.27. The minimum Gasteiger partial charge on any atom is -0.313 e. The van der Waals surface area contributed by atoms with Crippen LogP contribution in [-0.2, 0) is 10.0 Å². The summed E-state index contributed by atoms with van der Waals surface area (Å²) in [5, 5.41) is 3.37. The summed E-state index contributed by atoms with van der Waals surface area (Å²) in [6.45, 7) is 4.07. The Kier molecular flexibility index (Phi) is 6.25. The van der Waals surface area contributed by atoms with E-state index in [0.29, 0.717) is 22.5 Å². The van der Waals surface area contributed by atoms with Crippen LogP contribution in [0.3, 0.4) is 0 Å². The van der Waals surface area contributed by atoms with Crippen molar-refractivity contribution in [2.75, 3.05) is 19.6 Å². The largest absolute Gasteiger partial charge is 0.313 e. The first kappa shape index (κ1) is 17.4. The van der Waals surface area contributed by atoms with E-state index in [1.165, 1.54) is 0 Å². The van der Waals surface area contributed by atoms with Gasteiger partial charge in [-0.3, -0.25) is 0 Å². The zero-order valence-electron chi connectivity index (χ0n) is 12.0. The summed E-state index contributed by atoms with van der Waals surface area (Å²) in [5.74, 6) is 0. The smallest absolute Gasteiger partial charge is 0.244 e. The van der Waals surface area contributed by atoms with Crippen LogP contribution in [-0.4, -0.2) is 38.4 Å². The highest BCUT2D eigenvalue weighted by Crippen LogP contribution is 2.28. The van der Waals surface area contributed by atoms with Gasteiger partial charge in [0.15, 0.2) is 0 Å². The number of halogens is 2. The fraction of sp³-hybridized carbons (Fsp3) is 0.571. The van der Waals surface area contributed by atoms with Crippen LogP contribution in [0.25, 0.3) is 0 Å². The summed E-state index contributed by atoms with van der Waals surface area (Å²) in [7, 11) is -3.47. The van der Waals surface area contributed by atoms with Crippen molar-refractivity contribution in [2.24, 2.45) is 0 Å². The van der Waals surface area contributed by atoms with Crippen molar-refractivity contribution in [2.45, 2.75) is 37.1 Å². The number of rotatable bonds is 6. The third kappa shape index (κ3) is 4.28. The van der Waals surface area contributed by atoms with E-state index >= 15 is 0 Å². The zero-order chi connectivity index (χ0) is 15.5. The Morgan fingerprint density at radius 1 is 1.38 bits per heavy atom. The van der Waals surface area contributed by atoms with E-state index in [2.05, 4.69) is 37.2 Å². The number of hydrogen-bond acceptors (Lipinski definition) is 3. The van der Waals surface area contributed by atoms with Gasteiger partial charge in [-0.15, -0.1) is 0 Å². The molecule has 0 spiro atoms. The van der Waals surface area contributed by atoms with Gasteiger partial charge in [0.1, 0.15) is 0 Å². The molecule has 0 amide bonds. The second-order valence-electron chi connectivity index (χ2n) is 5.23. The fourth-order valence-corrected chi connectivity index (χ4v) is 5.82. The van der Waals surface area contributed by atoms with Gasteiger partial charge in [-0.1, -0.05) is 22.9 Å². The van der Waals surface area contributed by atoms with Gasteiger partial charge in [0.2, 0.25) is 10.0 Å². The molecule has 0 bridgehead atoms. The Morgan fingerprint density at radius 3 is 2.71 bits per heavy atom. The van der Waals surface area contributed by atoms with Gasteiger partial charge >= 0.3 is 0 Å². The molecule has 4 nitrogen and oxygen atoms in total. The predicted octanol–water partition coefficient (Wildman–Crippen LogP) is 3.36. The normalized spacial score (nSPS) is 19.3. The van der Waals surface area contributed by atoms with Gasteiger partial charge < -0.3 is 5.32 Å². The van der Waals surface area contributed by atoms with Crippen molar-refractivity contribution >= 4 is 41.9 Å². The molecule has 1 aliphatic rings. The molecule has 1 atom stereocenters. The topological polar surface area (TPSA) is 49.4 Å². The Labute approximate surface area is 143 Å². The number of benzene rings is 1. The van der Waals surface area contributed by atoms with Gasteiger partial charge in [0.25, 0.3) is 0 Å². The van der Waals surface area contributed by atoms with Gasteiger partial charge in [-0.05, 0) is 59.9 Å². The van der Waals surface area contributed by atoms with Crippen molar-refractivity contribution in [3.05, 3.63) is 27.1 Å². The predicted molar refractivity (Wildman–Crippen MR) is 91.9 cm³/mol. The number of nitrogens with zero attached hydrogens (tertiary/aromatic N) is 1. The first-order chi connectivity index (χ1) is 9.95. The molecule has 2 rings (SSSR count). The summed E-state index contributed by atoms with van der Waals surface area (Å²) < 4.78 is 28.8. The second kappa shape index (κ2) is 7.55. The third-order valence-corrected chi connectivity index (χ3v) is 6.91. The van der Waals surface area contributed by atoms with Crippen LogP contribution in [0.5, 0.6) is 0 Å². The molecule has 0 radical (unpaired) electrons. The van der Waals surface area contributed by atoms with Crippen molar-refractivity contribution in [3.8, 4) is 0 Å². The average Bonchev–Trinajstić information content (AvgIpc) is 2.90. The molecule has 1 unspecified atom stereocenters. The highest BCUT2D eigenvalue weighted by atomic mass is 79.9. The van der Waals surface area contributed by atoms with Crippen LogP contribution in [0.1, 0.15) is 26.2 Å². The molecule has 21 heavy (non-hydrogen) atoms. The van der Waals surface area contributed by atoms with Crippen molar-refractivity contribution in [1.29, 1.82) is 0 Å². The highest BCUT2D eigenvalue weighted by Gasteiger charge is 2.29. The Bertz CT molecular complexity index is 587. The maximum Gasteiger partial charge on any atom is 0.244 e. The fourth-order valence-electron chi connectivity index (χ4n) is 2.54. The van der Waals surface area contributed by atoms with E-state index < -0.39 is 10.0 Å². The first-order valence-corrected chi connectivity index (χ1v) is 10.2. The quantitative estimate of drug-likeness (QED) is 0.739. The Morgan fingerprint density at radius 2 is 2.14 bits per heavy atom. The van der Waals surface area contributed by atoms with Gasteiger partial charge in [-0.2, -0.15) is 4.31 Å². The summed E-state index contributed by atoms with van der Waals surface area (Å²) >= 11 is 6.72. The minimum absolute atomic E-state index is 0.264. The van der Waals surface area contributed by atoms with Crippen molar-refractivity contribution < 1.29 is 8.42 Å². The summed E-state index contributed by atoms with van der Waals surface area (Å²) in [5.41, 5.74) is 0. The van der Waals surface area contributed by atoms with Crippen LogP contribution in [0, 0.1) is 0 Å². The molecule has 1 aromatic carbocycles. The molecule has 1 N–H and O–H groups in total. The molecule has 1 saturated heterocycles. The molecule has 1 aliphatic heterocycles. The summed E-state index contributed by atoms with van der Waals surface area (Å²) in [4.78, 5) is 0.331. The highest BCUT2D eigenvalue weighted by molar-refractivity contribution is 9.11. The number of sulfonamides is 1. The number of nitrogens with one attached hydrogen (secondary N) is 1. The van der Waals surface area contributed by atoms with Gasteiger partial charge in [0.05, 0.1) is 4.90 Å². The zero-order valence-corrected chi connectivity index (χ0v) is 16.0. The molecular weight excluding hydrogens is 420 g/mol. The van der Waals surface area contributed by atoms with Crippen molar-refractivity contribution in [1.82, 2.24) is 9.62 Å². The second-order valence-corrected chi connectivity index (χ2v) is 8.91. The van der Waals surface area contributed by atoms with E-state index in [9.17, 15) is 8.42 Å². The van der Waals surface area contributed by atoms with E-state index in [4.69, 9.17) is 0 Å². The minimum atomic E-state index is -3.47. The number of hydrogen-bond donors (Lipinski definition) is 1. The molecule has 0 aromatic heterocycles. The molecule has 7 heteroatoms. The van der Waals surface area contributed by atoms with Crippen LogP contribution < -0.4 is 5.32 Å². The van der Waals surface area contributed by atoms with Crippen LogP contribution >= 0.6 is 31.9 Å². The molecule has 1 aromatic rings. The van der Waals surface area contributed by atoms with Crippen LogP contribution in [0.2, 0.25) is 0 Å². The Hall–Kier alpha value is 0.0500. The summed E-state index contributed by atoms with van der Waals surface area (Å²) in [6.07, 6.45) is 2.96. The van der Waals surface area contributed by atoms with Crippen molar-refractivity contribution in [3.63, 3.8) is 0 Å². The standard InChI is InChI=1S/C14H20Br2N2O2S/c1-2-8-18(10-12-4-3-7-17-12)21(19,20)14-6-5-11(15)9-13(14)16/h5-6,9,12,17H,2-4,7-8,10H2,1H3. The molecular formula is C14H20Br2N2O2S. The molecule has 1 heterocycles. The van der Waals surface area contributed by atoms with E-state index in [1.54, 1.807) is 22.5 Å². The maximum absolute atomic E-state index is 12.9.